The van der Waals surface area contributed by atoms with Gasteiger partial charge in [-0.25, -0.2) is 0 Å². The van der Waals surface area contributed by atoms with Crippen LogP contribution in [0, 0.1) is 6.92 Å². The molecule has 0 heterocycles. The van der Waals surface area contributed by atoms with Crippen LogP contribution in [0.25, 0.3) is 6.08 Å². The Morgan fingerprint density at radius 2 is 1.69 bits per heavy atom. The van der Waals surface area contributed by atoms with E-state index < -0.39 is 0 Å². The van der Waals surface area contributed by atoms with Crippen molar-refractivity contribution in [3.63, 3.8) is 0 Å². The summed E-state index contributed by atoms with van der Waals surface area (Å²) in [5.74, 6) is 0. The van der Waals surface area contributed by atoms with Crippen LogP contribution in [0.1, 0.15) is 11.1 Å². The summed E-state index contributed by atoms with van der Waals surface area (Å²) in [6.07, 6.45) is 1.90. The fraction of sp³-hybridized carbons (Fsp3) is 0.0667. The minimum Gasteiger partial charge on any atom is -0.0984 e. The Morgan fingerprint density at radius 3 is 2.38 bits per heavy atom. The van der Waals surface area contributed by atoms with Crippen molar-refractivity contribution < 1.29 is 0 Å². The molecule has 0 bridgehead atoms. The third kappa shape index (κ3) is 2.56. The van der Waals surface area contributed by atoms with Crippen LogP contribution in [0.4, 0.5) is 0 Å². The molecule has 0 saturated heterocycles. The molecule has 80 valence electrons. The van der Waals surface area contributed by atoms with Crippen molar-refractivity contribution in [2.24, 2.45) is 0 Å². The number of rotatable bonds is 3. The smallest absolute Gasteiger partial charge is 0.0194 e. The third-order valence-corrected chi connectivity index (χ3v) is 3.49. The predicted molar refractivity (Wildman–Crippen MR) is 71.8 cm³/mol. The molecule has 0 aliphatic carbocycles. The second-order valence-electron chi connectivity index (χ2n) is 3.66. The second kappa shape index (κ2) is 5.04. The zero-order chi connectivity index (χ0) is 11.4. The van der Waals surface area contributed by atoms with Crippen molar-refractivity contribution in [2.45, 2.75) is 16.7 Å². The van der Waals surface area contributed by atoms with Gasteiger partial charge in [-0.1, -0.05) is 60.3 Å². The van der Waals surface area contributed by atoms with Crippen molar-refractivity contribution in [3.8, 4) is 0 Å². The first-order valence-electron chi connectivity index (χ1n) is 5.25. The normalized spacial score (nSPS) is 10.1. The van der Waals surface area contributed by atoms with Crippen molar-refractivity contribution in [3.05, 3.63) is 66.2 Å². The average molecular weight is 226 g/mol. The Hall–Kier alpha value is -1.47. The molecule has 0 aromatic heterocycles. The number of benzene rings is 2. The predicted octanol–water partition coefficient (Wildman–Crippen LogP) is 4.79. The van der Waals surface area contributed by atoms with Gasteiger partial charge in [-0.05, 0) is 30.7 Å². The molecular formula is C15H14S. The molecule has 0 saturated carbocycles. The van der Waals surface area contributed by atoms with Gasteiger partial charge < -0.3 is 0 Å². The van der Waals surface area contributed by atoms with Gasteiger partial charge in [-0.15, -0.1) is 0 Å². The molecule has 2 rings (SSSR count). The number of aryl methyl sites for hydroxylation is 1. The zero-order valence-electron chi connectivity index (χ0n) is 9.31. The molecule has 0 atom stereocenters. The summed E-state index contributed by atoms with van der Waals surface area (Å²) in [4.78, 5) is 2.52. The second-order valence-corrected chi connectivity index (χ2v) is 4.77. The van der Waals surface area contributed by atoms with Crippen LogP contribution in [0.15, 0.2) is 64.9 Å². The first kappa shape index (κ1) is 11.0. The summed E-state index contributed by atoms with van der Waals surface area (Å²) in [6, 6.07) is 16.9. The van der Waals surface area contributed by atoms with Crippen LogP contribution in [0.2, 0.25) is 0 Å². The molecule has 0 spiro atoms. The molecular weight excluding hydrogens is 212 g/mol. The minimum absolute atomic E-state index is 1.19. The van der Waals surface area contributed by atoms with Crippen LogP contribution in [-0.2, 0) is 0 Å². The highest BCUT2D eigenvalue weighted by atomic mass is 32.2. The molecule has 0 aliphatic heterocycles. The first-order chi connectivity index (χ1) is 7.79. The highest BCUT2D eigenvalue weighted by Crippen LogP contribution is 2.30. The van der Waals surface area contributed by atoms with Crippen LogP contribution < -0.4 is 0 Å². The van der Waals surface area contributed by atoms with E-state index >= 15 is 0 Å². The number of hydrogen-bond acceptors (Lipinski definition) is 1. The van der Waals surface area contributed by atoms with Crippen molar-refractivity contribution >= 4 is 17.8 Å². The van der Waals surface area contributed by atoms with Gasteiger partial charge in [0.1, 0.15) is 0 Å². The molecule has 0 N–H and O–H groups in total. The van der Waals surface area contributed by atoms with E-state index in [2.05, 4.69) is 56.0 Å². The molecule has 16 heavy (non-hydrogen) atoms. The molecule has 2 aromatic carbocycles. The average Bonchev–Trinajstić information content (AvgIpc) is 2.33. The molecule has 0 radical (unpaired) electrons. The molecule has 0 fully saturated rings. The van der Waals surface area contributed by atoms with Crippen LogP contribution in [-0.4, -0.2) is 0 Å². The summed E-state index contributed by atoms with van der Waals surface area (Å²) < 4.78 is 0. The summed E-state index contributed by atoms with van der Waals surface area (Å²) >= 11 is 1.78. The molecule has 2 aromatic rings. The van der Waals surface area contributed by atoms with Gasteiger partial charge in [0.25, 0.3) is 0 Å². The van der Waals surface area contributed by atoms with Gasteiger partial charge in [0.2, 0.25) is 0 Å². The summed E-state index contributed by atoms with van der Waals surface area (Å²) in [5, 5.41) is 0. The van der Waals surface area contributed by atoms with Crippen LogP contribution in [0.5, 0.6) is 0 Å². The maximum absolute atomic E-state index is 3.83. The SMILES string of the molecule is C=Cc1ccccc1Sc1ccc(C)cc1. The Kier molecular flexibility index (Phi) is 3.47. The van der Waals surface area contributed by atoms with Crippen LogP contribution in [0.3, 0.4) is 0 Å². The van der Waals surface area contributed by atoms with Crippen molar-refractivity contribution in [1.29, 1.82) is 0 Å². The lowest BCUT2D eigenvalue weighted by molar-refractivity contribution is 1.35. The first-order valence-corrected chi connectivity index (χ1v) is 6.07. The monoisotopic (exact) mass is 226 g/mol. The number of hydrogen-bond donors (Lipinski definition) is 0. The summed E-state index contributed by atoms with van der Waals surface area (Å²) in [5.41, 5.74) is 2.48. The summed E-state index contributed by atoms with van der Waals surface area (Å²) in [6.45, 7) is 5.94. The van der Waals surface area contributed by atoms with Gasteiger partial charge in [0.15, 0.2) is 0 Å². The fourth-order valence-corrected chi connectivity index (χ4v) is 2.42. The summed E-state index contributed by atoms with van der Waals surface area (Å²) in [7, 11) is 0. The Morgan fingerprint density at radius 1 is 1.00 bits per heavy atom. The van der Waals surface area contributed by atoms with E-state index in [0.717, 1.165) is 0 Å². The third-order valence-electron chi connectivity index (χ3n) is 2.39. The van der Waals surface area contributed by atoms with Crippen molar-refractivity contribution in [1.82, 2.24) is 0 Å². The lowest BCUT2D eigenvalue weighted by Gasteiger charge is -2.05. The van der Waals surface area contributed by atoms with E-state index in [4.69, 9.17) is 0 Å². The molecule has 0 nitrogen and oxygen atoms in total. The van der Waals surface area contributed by atoms with E-state index in [9.17, 15) is 0 Å². The van der Waals surface area contributed by atoms with Gasteiger partial charge in [0, 0.05) is 9.79 Å². The molecule has 0 aliphatic rings. The Balaban J connectivity index is 2.26. The molecule has 0 unspecified atom stereocenters. The van der Waals surface area contributed by atoms with Gasteiger partial charge in [0.05, 0.1) is 0 Å². The van der Waals surface area contributed by atoms with Crippen molar-refractivity contribution in [2.75, 3.05) is 0 Å². The van der Waals surface area contributed by atoms with E-state index in [1.54, 1.807) is 11.8 Å². The maximum atomic E-state index is 3.83. The van der Waals surface area contributed by atoms with E-state index in [1.807, 2.05) is 12.1 Å². The lowest BCUT2D eigenvalue weighted by atomic mass is 10.2. The molecule has 0 amide bonds. The largest absolute Gasteiger partial charge is 0.0984 e. The minimum atomic E-state index is 1.19. The lowest BCUT2D eigenvalue weighted by Crippen LogP contribution is -1.79. The highest BCUT2D eigenvalue weighted by molar-refractivity contribution is 7.99. The topological polar surface area (TPSA) is 0 Å². The maximum Gasteiger partial charge on any atom is 0.0194 e. The fourth-order valence-electron chi connectivity index (χ4n) is 1.48. The Labute approximate surface area is 101 Å². The van der Waals surface area contributed by atoms with Crippen LogP contribution >= 0.6 is 11.8 Å². The van der Waals surface area contributed by atoms with Gasteiger partial charge in [-0.3, -0.25) is 0 Å². The molecule has 1 heteroatoms. The Bertz CT molecular complexity index is 483. The standard InChI is InChI=1S/C15H14S/c1-3-13-6-4-5-7-15(13)16-14-10-8-12(2)9-11-14/h3-11H,1H2,2H3. The van der Waals surface area contributed by atoms with E-state index in [0.29, 0.717) is 0 Å². The quantitative estimate of drug-likeness (QED) is 0.725. The van der Waals surface area contributed by atoms with E-state index in [-0.39, 0.29) is 0 Å². The van der Waals surface area contributed by atoms with E-state index in [1.165, 1.54) is 20.9 Å². The van der Waals surface area contributed by atoms with Gasteiger partial charge >= 0.3 is 0 Å². The van der Waals surface area contributed by atoms with Gasteiger partial charge in [-0.2, -0.15) is 0 Å². The zero-order valence-corrected chi connectivity index (χ0v) is 10.1. The highest BCUT2D eigenvalue weighted by Gasteiger charge is 2.00.